The van der Waals surface area contributed by atoms with Crippen LogP contribution in [0.5, 0.6) is 0 Å². The monoisotopic (exact) mass is 196 g/mol. The second-order valence-electron chi connectivity index (χ2n) is 3.06. The molecular weight excluding hydrogens is 180 g/mol. The number of aryl methyl sites for hydroxylation is 1. The highest BCUT2D eigenvalue weighted by Crippen LogP contribution is 1.99. The van der Waals surface area contributed by atoms with Crippen molar-refractivity contribution < 1.29 is 9.53 Å². The molecule has 0 aliphatic heterocycles. The number of carbonyl (C=O) groups excluding carboxylic acids is 1. The first-order valence-corrected chi connectivity index (χ1v) is 4.94. The van der Waals surface area contributed by atoms with Crippen LogP contribution < -0.4 is 0 Å². The van der Waals surface area contributed by atoms with Gasteiger partial charge in [-0.2, -0.15) is 5.10 Å². The van der Waals surface area contributed by atoms with Crippen molar-refractivity contribution >= 4 is 5.97 Å². The van der Waals surface area contributed by atoms with Crippen LogP contribution in [0.25, 0.3) is 0 Å². The highest BCUT2D eigenvalue weighted by Gasteiger charge is 2.04. The molecule has 4 heteroatoms. The zero-order valence-corrected chi connectivity index (χ0v) is 8.69. The first kappa shape index (κ1) is 10.8. The van der Waals surface area contributed by atoms with Crippen LogP contribution in [0.2, 0.25) is 0 Å². The first-order valence-electron chi connectivity index (χ1n) is 4.94. The van der Waals surface area contributed by atoms with Crippen LogP contribution in [-0.4, -0.2) is 22.4 Å². The molecule has 1 aromatic heterocycles. The summed E-state index contributed by atoms with van der Waals surface area (Å²) >= 11 is 0. The van der Waals surface area contributed by atoms with Gasteiger partial charge in [-0.3, -0.25) is 9.48 Å². The Morgan fingerprint density at radius 1 is 1.57 bits per heavy atom. The molecule has 0 atom stereocenters. The molecule has 0 radical (unpaired) electrons. The Morgan fingerprint density at radius 2 is 2.36 bits per heavy atom. The van der Waals surface area contributed by atoms with Gasteiger partial charge in [0.2, 0.25) is 0 Å². The number of hydrogen-bond donors (Lipinski definition) is 0. The summed E-state index contributed by atoms with van der Waals surface area (Å²) < 4.78 is 6.43. The Kier molecular flexibility index (Phi) is 4.16. The van der Waals surface area contributed by atoms with E-state index in [9.17, 15) is 4.79 Å². The van der Waals surface area contributed by atoms with E-state index in [1.807, 2.05) is 12.3 Å². The van der Waals surface area contributed by atoms with Gasteiger partial charge in [-0.1, -0.05) is 13.3 Å². The molecular formula is C10H16N2O2. The highest BCUT2D eigenvalue weighted by atomic mass is 16.5. The number of carbonyl (C=O) groups is 1. The molecule has 78 valence electrons. The molecule has 0 bridgehead atoms. The molecule has 1 aromatic rings. The van der Waals surface area contributed by atoms with Crippen LogP contribution in [0.15, 0.2) is 12.3 Å². The Morgan fingerprint density at radius 3 is 3.00 bits per heavy atom. The summed E-state index contributed by atoms with van der Waals surface area (Å²) in [5.41, 5.74) is 1.02. The zero-order valence-electron chi connectivity index (χ0n) is 8.69. The van der Waals surface area contributed by atoms with Crippen molar-refractivity contribution in [3.8, 4) is 0 Å². The van der Waals surface area contributed by atoms with Gasteiger partial charge in [-0.15, -0.1) is 0 Å². The molecule has 0 aliphatic carbocycles. The molecule has 0 aliphatic rings. The van der Waals surface area contributed by atoms with Gasteiger partial charge in [-0.05, 0) is 19.4 Å². The largest absolute Gasteiger partial charge is 0.465 e. The second kappa shape index (κ2) is 5.42. The van der Waals surface area contributed by atoms with Crippen molar-refractivity contribution in [2.75, 3.05) is 6.61 Å². The number of rotatable bonds is 5. The van der Waals surface area contributed by atoms with Gasteiger partial charge in [0.1, 0.15) is 6.54 Å². The van der Waals surface area contributed by atoms with E-state index in [1.54, 1.807) is 11.6 Å². The predicted octanol–water partition coefficient (Wildman–Crippen LogP) is 1.40. The van der Waals surface area contributed by atoms with Crippen molar-refractivity contribution in [1.82, 2.24) is 9.78 Å². The predicted molar refractivity (Wildman–Crippen MR) is 52.9 cm³/mol. The third-order valence-corrected chi connectivity index (χ3v) is 1.80. The number of nitrogens with zero attached hydrogens (tertiary/aromatic N) is 2. The van der Waals surface area contributed by atoms with Crippen LogP contribution in [0.1, 0.15) is 26.0 Å². The molecule has 0 amide bonds. The van der Waals surface area contributed by atoms with Crippen molar-refractivity contribution in [2.24, 2.45) is 0 Å². The second-order valence-corrected chi connectivity index (χ2v) is 3.06. The summed E-state index contributed by atoms with van der Waals surface area (Å²) in [6.07, 6.45) is 3.83. The van der Waals surface area contributed by atoms with Crippen LogP contribution in [0.4, 0.5) is 0 Å². The molecule has 14 heavy (non-hydrogen) atoms. The van der Waals surface area contributed by atoms with E-state index < -0.39 is 0 Å². The maximum atomic E-state index is 11.1. The fourth-order valence-electron chi connectivity index (χ4n) is 1.22. The average molecular weight is 196 g/mol. The quantitative estimate of drug-likeness (QED) is 0.668. The number of aromatic nitrogens is 2. The van der Waals surface area contributed by atoms with Crippen molar-refractivity contribution in [3.63, 3.8) is 0 Å². The third-order valence-electron chi connectivity index (χ3n) is 1.80. The lowest BCUT2D eigenvalue weighted by molar-refractivity contribution is -0.144. The highest BCUT2D eigenvalue weighted by molar-refractivity contribution is 5.68. The van der Waals surface area contributed by atoms with Gasteiger partial charge in [0.15, 0.2) is 0 Å². The van der Waals surface area contributed by atoms with E-state index in [-0.39, 0.29) is 12.5 Å². The summed E-state index contributed by atoms with van der Waals surface area (Å²) in [6, 6.07) is 1.93. The van der Waals surface area contributed by atoms with Crippen LogP contribution in [0.3, 0.4) is 0 Å². The average Bonchev–Trinajstić information content (AvgIpc) is 2.53. The minimum absolute atomic E-state index is 0.206. The number of ether oxygens (including phenoxy) is 1. The minimum atomic E-state index is -0.237. The lowest BCUT2D eigenvalue weighted by Gasteiger charge is -2.01. The molecule has 0 fully saturated rings. The SMILES string of the molecule is CCCc1ccn(CC(=O)OCC)n1. The van der Waals surface area contributed by atoms with Gasteiger partial charge in [0.25, 0.3) is 0 Å². The summed E-state index contributed by atoms with van der Waals surface area (Å²) in [7, 11) is 0. The first-order chi connectivity index (χ1) is 6.76. The molecule has 0 saturated carbocycles. The van der Waals surface area contributed by atoms with Crippen LogP contribution in [0, 0.1) is 0 Å². The van der Waals surface area contributed by atoms with Crippen molar-refractivity contribution in [2.45, 2.75) is 33.2 Å². The maximum absolute atomic E-state index is 11.1. The number of esters is 1. The molecule has 4 nitrogen and oxygen atoms in total. The smallest absolute Gasteiger partial charge is 0.327 e. The van der Waals surface area contributed by atoms with E-state index in [4.69, 9.17) is 4.74 Å². The fraction of sp³-hybridized carbons (Fsp3) is 0.600. The Labute approximate surface area is 83.9 Å². The molecule has 0 saturated heterocycles. The topological polar surface area (TPSA) is 44.1 Å². The Balaban J connectivity index is 2.46. The fourth-order valence-corrected chi connectivity index (χ4v) is 1.22. The van der Waals surface area contributed by atoms with E-state index in [1.165, 1.54) is 0 Å². The van der Waals surface area contributed by atoms with Crippen molar-refractivity contribution in [1.29, 1.82) is 0 Å². The van der Waals surface area contributed by atoms with Gasteiger partial charge >= 0.3 is 5.97 Å². The van der Waals surface area contributed by atoms with Crippen LogP contribution >= 0.6 is 0 Å². The molecule has 1 rings (SSSR count). The van der Waals surface area contributed by atoms with Crippen molar-refractivity contribution in [3.05, 3.63) is 18.0 Å². The van der Waals surface area contributed by atoms with Gasteiger partial charge in [0, 0.05) is 6.20 Å². The molecule has 1 heterocycles. The number of hydrogen-bond acceptors (Lipinski definition) is 3. The summed E-state index contributed by atoms with van der Waals surface area (Å²) in [4.78, 5) is 11.1. The van der Waals surface area contributed by atoms with Gasteiger partial charge in [-0.25, -0.2) is 0 Å². The van der Waals surface area contributed by atoms with E-state index in [0.29, 0.717) is 6.61 Å². The Bertz CT molecular complexity index is 294. The summed E-state index contributed by atoms with van der Waals surface area (Å²) in [5, 5.41) is 4.24. The van der Waals surface area contributed by atoms with Crippen LogP contribution in [-0.2, 0) is 22.5 Å². The van der Waals surface area contributed by atoms with E-state index >= 15 is 0 Å². The lowest BCUT2D eigenvalue weighted by Crippen LogP contribution is -2.13. The third kappa shape index (κ3) is 3.20. The summed E-state index contributed by atoms with van der Waals surface area (Å²) in [6.45, 7) is 4.52. The summed E-state index contributed by atoms with van der Waals surface area (Å²) in [5.74, 6) is -0.237. The molecule has 0 unspecified atom stereocenters. The van der Waals surface area contributed by atoms with Gasteiger partial charge in [0.05, 0.1) is 12.3 Å². The molecule has 0 aromatic carbocycles. The van der Waals surface area contributed by atoms with Gasteiger partial charge < -0.3 is 4.74 Å². The standard InChI is InChI=1S/C10H16N2O2/c1-3-5-9-6-7-12(11-9)8-10(13)14-4-2/h6-7H,3-5,8H2,1-2H3. The van der Waals surface area contributed by atoms with E-state index in [0.717, 1.165) is 18.5 Å². The zero-order chi connectivity index (χ0) is 10.4. The van der Waals surface area contributed by atoms with E-state index in [2.05, 4.69) is 12.0 Å². The molecule has 0 spiro atoms. The molecule has 0 N–H and O–H groups in total. The normalized spacial score (nSPS) is 10.1. The maximum Gasteiger partial charge on any atom is 0.327 e. The Hall–Kier alpha value is -1.32. The minimum Gasteiger partial charge on any atom is -0.465 e. The lowest BCUT2D eigenvalue weighted by atomic mass is 10.3.